The second-order valence-corrected chi connectivity index (χ2v) is 5.37. The molecule has 0 fully saturated rings. The monoisotopic (exact) mass is 314 g/mol. The lowest BCUT2D eigenvalue weighted by atomic mass is 10.1. The summed E-state index contributed by atoms with van der Waals surface area (Å²) in [4.78, 5) is 26.0. The molecule has 0 bridgehead atoms. The zero-order valence-corrected chi connectivity index (χ0v) is 13.1. The zero-order valence-electron chi connectivity index (χ0n) is 13.1. The van der Waals surface area contributed by atoms with Gasteiger partial charge in [0, 0.05) is 38.0 Å². The molecule has 1 aliphatic heterocycles. The highest BCUT2D eigenvalue weighted by molar-refractivity contribution is 5.94. The number of ether oxygens (including phenoxy) is 2. The van der Waals surface area contributed by atoms with Crippen molar-refractivity contribution in [2.45, 2.75) is 13.5 Å². The van der Waals surface area contributed by atoms with Gasteiger partial charge < -0.3 is 18.9 Å². The largest absolute Gasteiger partial charge is 0.454 e. The lowest BCUT2D eigenvalue weighted by molar-refractivity contribution is 0.0752. The van der Waals surface area contributed by atoms with Crippen molar-refractivity contribution in [3.8, 4) is 11.5 Å². The van der Waals surface area contributed by atoms with Gasteiger partial charge in [0.2, 0.25) is 6.79 Å². The maximum Gasteiger partial charge on any atom is 0.254 e. The third kappa shape index (κ3) is 3.06. The smallest absolute Gasteiger partial charge is 0.254 e. The molecule has 0 unspecified atom stereocenters. The molecule has 0 spiro atoms. The first-order chi connectivity index (χ1) is 11.1. The predicted octanol–water partition coefficient (Wildman–Crippen LogP) is 1.78. The van der Waals surface area contributed by atoms with Crippen LogP contribution in [0.1, 0.15) is 22.8 Å². The average molecular weight is 314 g/mol. The van der Waals surface area contributed by atoms with E-state index in [1.165, 1.54) is 10.6 Å². The number of amides is 1. The number of nitrogens with zero attached hydrogens (tertiary/aromatic N) is 2. The Kier molecular flexibility index (Phi) is 4.06. The molecule has 0 saturated heterocycles. The van der Waals surface area contributed by atoms with E-state index in [0.29, 0.717) is 24.4 Å². The van der Waals surface area contributed by atoms with Crippen molar-refractivity contribution in [1.29, 1.82) is 0 Å². The Balaban J connectivity index is 1.80. The van der Waals surface area contributed by atoms with E-state index in [1.807, 2.05) is 25.1 Å². The number of hydrogen-bond donors (Lipinski definition) is 0. The van der Waals surface area contributed by atoms with Gasteiger partial charge in [-0.05, 0) is 30.7 Å². The SMILES string of the molecule is CCN(Cc1ccc2c(c1)OCO2)C(=O)c1ccn(C)c(=O)c1. The van der Waals surface area contributed by atoms with Crippen LogP contribution in [-0.4, -0.2) is 28.7 Å². The van der Waals surface area contributed by atoms with Crippen LogP contribution in [0, 0.1) is 0 Å². The Labute approximate surface area is 133 Å². The number of hydrogen-bond acceptors (Lipinski definition) is 4. The van der Waals surface area contributed by atoms with Crippen molar-refractivity contribution >= 4 is 5.91 Å². The summed E-state index contributed by atoms with van der Waals surface area (Å²) in [6, 6.07) is 8.65. The number of fused-ring (bicyclic) bond motifs is 1. The minimum atomic E-state index is -0.199. The van der Waals surface area contributed by atoms with Crippen molar-refractivity contribution < 1.29 is 14.3 Å². The van der Waals surface area contributed by atoms with E-state index in [9.17, 15) is 9.59 Å². The molecule has 0 atom stereocenters. The molecule has 6 nitrogen and oxygen atoms in total. The Morgan fingerprint density at radius 2 is 2.00 bits per heavy atom. The van der Waals surface area contributed by atoms with Gasteiger partial charge in [-0.15, -0.1) is 0 Å². The molecule has 0 aliphatic carbocycles. The van der Waals surface area contributed by atoms with Gasteiger partial charge in [-0.1, -0.05) is 6.07 Å². The number of rotatable bonds is 4. The highest BCUT2D eigenvalue weighted by Crippen LogP contribution is 2.32. The minimum absolute atomic E-state index is 0.164. The Hall–Kier alpha value is -2.76. The number of aryl methyl sites for hydroxylation is 1. The first-order valence-corrected chi connectivity index (χ1v) is 7.43. The van der Waals surface area contributed by atoms with Crippen LogP contribution in [0.2, 0.25) is 0 Å². The van der Waals surface area contributed by atoms with Gasteiger partial charge in [-0.3, -0.25) is 9.59 Å². The van der Waals surface area contributed by atoms with Crippen molar-refractivity contribution in [2.24, 2.45) is 7.05 Å². The fourth-order valence-corrected chi connectivity index (χ4v) is 2.45. The van der Waals surface area contributed by atoms with Crippen molar-refractivity contribution in [3.63, 3.8) is 0 Å². The highest BCUT2D eigenvalue weighted by atomic mass is 16.7. The van der Waals surface area contributed by atoms with E-state index in [0.717, 1.165) is 11.3 Å². The van der Waals surface area contributed by atoms with E-state index >= 15 is 0 Å². The van der Waals surface area contributed by atoms with Crippen LogP contribution in [0.3, 0.4) is 0 Å². The number of carbonyl (C=O) groups excluding carboxylic acids is 1. The maximum atomic E-state index is 12.6. The number of aromatic nitrogens is 1. The molecule has 0 radical (unpaired) electrons. The summed E-state index contributed by atoms with van der Waals surface area (Å²) in [5.41, 5.74) is 1.15. The van der Waals surface area contributed by atoms with Crippen molar-refractivity contribution in [3.05, 3.63) is 58.0 Å². The molecular weight excluding hydrogens is 296 g/mol. The molecule has 1 amide bonds. The third-order valence-electron chi connectivity index (χ3n) is 3.83. The van der Waals surface area contributed by atoms with Crippen molar-refractivity contribution in [2.75, 3.05) is 13.3 Å². The molecule has 3 rings (SSSR count). The standard InChI is InChI=1S/C17H18N2O4/c1-3-19(17(21)13-6-7-18(2)16(20)9-13)10-12-4-5-14-15(8-12)23-11-22-14/h4-9H,3,10-11H2,1-2H3. The second-order valence-electron chi connectivity index (χ2n) is 5.37. The first-order valence-electron chi connectivity index (χ1n) is 7.43. The van der Waals surface area contributed by atoms with Crippen LogP contribution in [0.5, 0.6) is 11.5 Å². The van der Waals surface area contributed by atoms with Crippen LogP contribution >= 0.6 is 0 Å². The predicted molar refractivity (Wildman–Crippen MR) is 84.7 cm³/mol. The fraction of sp³-hybridized carbons (Fsp3) is 0.294. The summed E-state index contributed by atoms with van der Waals surface area (Å²) in [6.45, 7) is 3.12. The summed E-state index contributed by atoms with van der Waals surface area (Å²) >= 11 is 0. The van der Waals surface area contributed by atoms with Crippen molar-refractivity contribution in [1.82, 2.24) is 9.47 Å². The second kappa shape index (κ2) is 6.16. The van der Waals surface area contributed by atoms with E-state index < -0.39 is 0 Å². The van der Waals surface area contributed by atoms with E-state index in [4.69, 9.17) is 9.47 Å². The van der Waals surface area contributed by atoms with Crippen LogP contribution in [0.4, 0.5) is 0 Å². The molecule has 6 heteroatoms. The van der Waals surface area contributed by atoms with Crippen LogP contribution < -0.4 is 15.0 Å². The van der Waals surface area contributed by atoms with E-state index in [-0.39, 0.29) is 18.3 Å². The van der Waals surface area contributed by atoms with Gasteiger partial charge in [-0.25, -0.2) is 0 Å². The number of benzene rings is 1. The molecule has 0 N–H and O–H groups in total. The first kappa shape index (κ1) is 15.1. The number of carbonyl (C=O) groups is 1. The van der Waals surface area contributed by atoms with Gasteiger partial charge in [0.15, 0.2) is 11.5 Å². The molecule has 2 aromatic rings. The van der Waals surface area contributed by atoms with Crippen LogP contribution in [0.25, 0.3) is 0 Å². The zero-order chi connectivity index (χ0) is 16.4. The molecule has 2 heterocycles. The summed E-state index contributed by atoms with van der Waals surface area (Å²) in [5, 5.41) is 0. The molecule has 1 aromatic carbocycles. The molecule has 1 aromatic heterocycles. The average Bonchev–Trinajstić information content (AvgIpc) is 3.02. The summed E-state index contributed by atoms with van der Waals surface area (Å²) in [5.74, 6) is 1.25. The Bertz CT molecular complexity index is 797. The minimum Gasteiger partial charge on any atom is -0.454 e. The number of pyridine rings is 1. The highest BCUT2D eigenvalue weighted by Gasteiger charge is 2.18. The van der Waals surface area contributed by atoms with Crippen LogP contribution in [0.15, 0.2) is 41.3 Å². The quantitative estimate of drug-likeness (QED) is 0.863. The fourth-order valence-electron chi connectivity index (χ4n) is 2.45. The summed E-state index contributed by atoms with van der Waals surface area (Å²) in [7, 11) is 1.65. The molecule has 23 heavy (non-hydrogen) atoms. The normalized spacial score (nSPS) is 12.3. The lowest BCUT2D eigenvalue weighted by Crippen LogP contribution is -2.31. The molecular formula is C17H18N2O4. The van der Waals surface area contributed by atoms with E-state index in [2.05, 4.69) is 0 Å². The summed E-state index contributed by atoms with van der Waals surface area (Å²) in [6.07, 6.45) is 1.60. The maximum absolute atomic E-state index is 12.6. The van der Waals surface area contributed by atoms with E-state index in [1.54, 1.807) is 24.2 Å². The topological polar surface area (TPSA) is 60.8 Å². The molecule has 120 valence electrons. The van der Waals surface area contributed by atoms with Gasteiger partial charge >= 0.3 is 0 Å². The Morgan fingerprint density at radius 1 is 1.22 bits per heavy atom. The van der Waals surface area contributed by atoms with Gasteiger partial charge in [0.05, 0.1) is 0 Å². The molecule has 1 aliphatic rings. The Morgan fingerprint density at radius 3 is 2.74 bits per heavy atom. The van der Waals surface area contributed by atoms with Gasteiger partial charge in [-0.2, -0.15) is 0 Å². The molecule has 0 saturated carbocycles. The summed E-state index contributed by atoms with van der Waals surface area (Å²) < 4.78 is 12.1. The van der Waals surface area contributed by atoms with Crippen LogP contribution in [-0.2, 0) is 13.6 Å². The van der Waals surface area contributed by atoms with Gasteiger partial charge in [0.25, 0.3) is 11.5 Å². The lowest BCUT2D eigenvalue weighted by Gasteiger charge is -2.21. The third-order valence-corrected chi connectivity index (χ3v) is 3.83. The van der Waals surface area contributed by atoms with Gasteiger partial charge in [0.1, 0.15) is 0 Å².